The van der Waals surface area contributed by atoms with E-state index in [9.17, 15) is 9.59 Å². The highest BCUT2D eigenvalue weighted by molar-refractivity contribution is 5.92. The number of anilines is 1. The summed E-state index contributed by atoms with van der Waals surface area (Å²) in [5, 5.41) is 5.98. The van der Waals surface area contributed by atoms with E-state index >= 15 is 0 Å². The first-order valence-electron chi connectivity index (χ1n) is 7.02. The lowest BCUT2D eigenvalue weighted by Gasteiger charge is -2.12. The number of hydrogen-bond acceptors (Lipinski definition) is 4. The number of nitrogens with two attached hydrogens (primary N) is 1. The average molecular weight is 293 g/mol. The molecule has 1 aromatic rings. The molecule has 2 amide bonds. The van der Waals surface area contributed by atoms with Gasteiger partial charge in [-0.3, -0.25) is 9.59 Å². The molecule has 0 aromatic heterocycles. The van der Waals surface area contributed by atoms with Crippen LogP contribution in [0.5, 0.6) is 5.75 Å². The minimum Gasteiger partial charge on any atom is -0.491 e. The van der Waals surface area contributed by atoms with Crippen molar-refractivity contribution < 1.29 is 14.3 Å². The fourth-order valence-corrected chi connectivity index (χ4v) is 1.64. The van der Waals surface area contributed by atoms with Crippen LogP contribution in [0.15, 0.2) is 24.3 Å². The Bertz CT molecular complexity index is 475. The van der Waals surface area contributed by atoms with Crippen LogP contribution >= 0.6 is 0 Å². The molecular formula is C15H23N3O3. The second kappa shape index (κ2) is 8.97. The lowest BCUT2D eigenvalue weighted by molar-refractivity contribution is -0.118. The summed E-state index contributed by atoms with van der Waals surface area (Å²) in [5.41, 5.74) is 5.65. The normalized spacial score (nSPS) is 10.4. The molecule has 0 aliphatic carbocycles. The zero-order chi connectivity index (χ0) is 15.7. The number of rotatable bonds is 9. The summed E-state index contributed by atoms with van der Waals surface area (Å²) < 4.78 is 5.46. The van der Waals surface area contributed by atoms with Crippen LogP contribution in [0.25, 0.3) is 0 Å². The van der Waals surface area contributed by atoms with Crippen molar-refractivity contribution in [2.45, 2.75) is 32.7 Å². The number of amides is 2. The number of ether oxygens (including phenoxy) is 1. The standard InChI is InChI=1S/C15H23N3O3/c1-11(2)17-9-7-15(20)18-12-5-3-4-6-13(12)21-10-8-14(16)19/h3-6,11,17H,7-10H2,1-2H3,(H2,16,19)(H,18,20). The van der Waals surface area contributed by atoms with Gasteiger partial charge in [0.2, 0.25) is 11.8 Å². The fraction of sp³-hybridized carbons (Fsp3) is 0.467. The third kappa shape index (κ3) is 7.31. The largest absolute Gasteiger partial charge is 0.491 e. The van der Waals surface area contributed by atoms with Crippen molar-refractivity contribution in [1.29, 1.82) is 0 Å². The number of primary amides is 1. The van der Waals surface area contributed by atoms with Crippen molar-refractivity contribution in [2.24, 2.45) is 5.73 Å². The zero-order valence-electron chi connectivity index (χ0n) is 12.5. The Morgan fingerprint density at radius 1 is 1.24 bits per heavy atom. The Hall–Kier alpha value is -2.08. The molecule has 0 unspecified atom stereocenters. The summed E-state index contributed by atoms with van der Waals surface area (Å²) in [4.78, 5) is 22.5. The van der Waals surface area contributed by atoms with Crippen LogP contribution in [0.3, 0.4) is 0 Å². The van der Waals surface area contributed by atoms with Crippen LogP contribution in [0.4, 0.5) is 5.69 Å². The summed E-state index contributed by atoms with van der Waals surface area (Å²) in [6, 6.07) is 7.46. The average Bonchev–Trinajstić information content (AvgIpc) is 2.40. The SMILES string of the molecule is CC(C)NCCC(=O)Nc1ccccc1OCCC(N)=O. The maximum atomic E-state index is 11.8. The fourth-order valence-electron chi connectivity index (χ4n) is 1.64. The van der Waals surface area contributed by atoms with Gasteiger partial charge in [0.15, 0.2) is 0 Å². The minimum atomic E-state index is -0.420. The molecule has 6 nitrogen and oxygen atoms in total. The third-order valence-corrected chi connectivity index (χ3v) is 2.67. The Morgan fingerprint density at radius 3 is 2.62 bits per heavy atom. The molecule has 1 aromatic carbocycles. The van der Waals surface area contributed by atoms with Crippen LogP contribution < -0.4 is 21.1 Å². The Labute approximate surface area is 125 Å². The van der Waals surface area contributed by atoms with Gasteiger partial charge in [0.1, 0.15) is 5.75 Å². The number of hydrogen-bond donors (Lipinski definition) is 3. The highest BCUT2D eigenvalue weighted by Crippen LogP contribution is 2.23. The van der Waals surface area contributed by atoms with Crippen molar-refractivity contribution in [3.63, 3.8) is 0 Å². The van der Waals surface area contributed by atoms with Crippen LogP contribution in [-0.2, 0) is 9.59 Å². The number of carbonyl (C=O) groups is 2. The van der Waals surface area contributed by atoms with Gasteiger partial charge in [0.05, 0.1) is 18.7 Å². The number of para-hydroxylation sites is 2. The molecular weight excluding hydrogens is 270 g/mol. The number of nitrogens with one attached hydrogen (secondary N) is 2. The van der Waals surface area contributed by atoms with E-state index in [1.165, 1.54) is 0 Å². The van der Waals surface area contributed by atoms with Gasteiger partial charge in [-0.25, -0.2) is 0 Å². The predicted molar refractivity (Wildman–Crippen MR) is 82.1 cm³/mol. The van der Waals surface area contributed by atoms with Crippen LogP contribution in [-0.4, -0.2) is 31.0 Å². The Balaban J connectivity index is 2.49. The van der Waals surface area contributed by atoms with Crippen molar-refractivity contribution in [2.75, 3.05) is 18.5 Å². The van der Waals surface area contributed by atoms with E-state index < -0.39 is 5.91 Å². The molecule has 0 radical (unpaired) electrons. The lowest BCUT2D eigenvalue weighted by atomic mass is 10.2. The molecule has 0 saturated carbocycles. The van der Waals surface area contributed by atoms with E-state index in [4.69, 9.17) is 10.5 Å². The van der Waals surface area contributed by atoms with Crippen LogP contribution in [0.1, 0.15) is 26.7 Å². The van der Waals surface area contributed by atoms with Gasteiger partial charge in [-0.2, -0.15) is 0 Å². The molecule has 0 saturated heterocycles. The Morgan fingerprint density at radius 2 is 1.95 bits per heavy atom. The molecule has 0 heterocycles. The molecule has 0 aliphatic heterocycles. The second-order valence-electron chi connectivity index (χ2n) is 4.97. The smallest absolute Gasteiger partial charge is 0.225 e. The highest BCUT2D eigenvalue weighted by atomic mass is 16.5. The summed E-state index contributed by atoms with van der Waals surface area (Å²) in [5.74, 6) is 0.0225. The maximum absolute atomic E-state index is 11.8. The van der Waals surface area contributed by atoms with Gasteiger partial charge in [-0.15, -0.1) is 0 Å². The molecule has 0 fully saturated rings. The van der Waals surface area contributed by atoms with E-state index in [0.29, 0.717) is 30.4 Å². The molecule has 4 N–H and O–H groups in total. The van der Waals surface area contributed by atoms with Crippen LogP contribution in [0, 0.1) is 0 Å². The molecule has 0 bridgehead atoms. The molecule has 1 rings (SSSR count). The second-order valence-corrected chi connectivity index (χ2v) is 4.97. The molecule has 0 atom stereocenters. The van der Waals surface area contributed by atoms with Crippen molar-refractivity contribution in [1.82, 2.24) is 5.32 Å². The quantitative estimate of drug-likeness (QED) is 0.639. The highest BCUT2D eigenvalue weighted by Gasteiger charge is 2.08. The van der Waals surface area contributed by atoms with Gasteiger partial charge < -0.3 is 21.1 Å². The first-order chi connectivity index (χ1) is 9.99. The molecule has 0 spiro atoms. The van der Waals surface area contributed by atoms with E-state index in [1.807, 2.05) is 19.9 Å². The number of benzene rings is 1. The first kappa shape index (κ1) is 17.0. The summed E-state index contributed by atoms with van der Waals surface area (Å²) in [7, 11) is 0. The van der Waals surface area contributed by atoms with E-state index in [2.05, 4.69) is 10.6 Å². The van der Waals surface area contributed by atoms with Crippen LogP contribution in [0.2, 0.25) is 0 Å². The van der Waals surface area contributed by atoms with Crippen molar-refractivity contribution in [3.8, 4) is 5.75 Å². The number of carbonyl (C=O) groups excluding carboxylic acids is 2. The minimum absolute atomic E-state index is 0.0888. The molecule has 6 heteroatoms. The van der Waals surface area contributed by atoms with Crippen molar-refractivity contribution >= 4 is 17.5 Å². The maximum Gasteiger partial charge on any atom is 0.225 e. The van der Waals surface area contributed by atoms with Gasteiger partial charge in [-0.05, 0) is 12.1 Å². The van der Waals surface area contributed by atoms with Gasteiger partial charge in [-0.1, -0.05) is 26.0 Å². The lowest BCUT2D eigenvalue weighted by Crippen LogP contribution is -2.27. The third-order valence-electron chi connectivity index (χ3n) is 2.67. The Kier molecular flexibility index (Phi) is 7.25. The molecule has 116 valence electrons. The molecule has 21 heavy (non-hydrogen) atoms. The predicted octanol–water partition coefficient (Wildman–Crippen LogP) is 1.27. The van der Waals surface area contributed by atoms with Crippen molar-refractivity contribution in [3.05, 3.63) is 24.3 Å². The van der Waals surface area contributed by atoms with Gasteiger partial charge in [0, 0.05) is 19.0 Å². The molecule has 0 aliphatic rings. The summed E-state index contributed by atoms with van der Waals surface area (Å²) >= 11 is 0. The topological polar surface area (TPSA) is 93.4 Å². The van der Waals surface area contributed by atoms with E-state index in [0.717, 1.165) is 0 Å². The van der Waals surface area contributed by atoms with E-state index in [-0.39, 0.29) is 18.9 Å². The zero-order valence-corrected chi connectivity index (χ0v) is 12.5. The van der Waals surface area contributed by atoms with Gasteiger partial charge in [0.25, 0.3) is 0 Å². The summed E-state index contributed by atoms with van der Waals surface area (Å²) in [6.07, 6.45) is 0.522. The van der Waals surface area contributed by atoms with Gasteiger partial charge >= 0.3 is 0 Å². The van der Waals surface area contributed by atoms with E-state index in [1.54, 1.807) is 18.2 Å². The first-order valence-corrected chi connectivity index (χ1v) is 7.02. The monoisotopic (exact) mass is 293 g/mol. The summed E-state index contributed by atoms with van der Waals surface area (Å²) in [6.45, 7) is 4.87.